The predicted molar refractivity (Wildman–Crippen MR) is 105 cm³/mol. The predicted octanol–water partition coefficient (Wildman–Crippen LogP) is 2.46. The molecule has 0 atom stereocenters. The maximum Gasteiger partial charge on any atom is 0.317 e. The molecule has 0 aromatic heterocycles. The van der Waals surface area contributed by atoms with E-state index in [4.69, 9.17) is 0 Å². The standard InChI is InChI=1S/C20H36N4O2/c1-3-23(4-2)19(25)17-22-13-8-14-24(16-15-22)20(26)21-12-11-18-9-6-5-7-10-18/h9H,3-8,10-17H2,1-2H3,(H,21,26). The first kappa shape index (κ1) is 20.7. The molecule has 0 saturated carbocycles. The van der Waals surface area contributed by atoms with E-state index in [1.165, 1.54) is 31.3 Å². The van der Waals surface area contributed by atoms with Crippen LogP contribution in [0, 0.1) is 0 Å². The summed E-state index contributed by atoms with van der Waals surface area (Å²) in [7, 11) is 0. The van der Waals surface area contributed by atoms with Gasteiger partial charge in [0, 0.05) is 45.8 Å². The molecule has 0 bridgehead atoms. The van der Waals surface area contributed by atoms with Crippen LogP contribution in [0.3, 0.4) is 0 Å². The number of nitrogens with zero attached hydrogens (tertiary/aromatic N) is 3. The van der Waals surface area contributed by atoms with Crippen LogP contribution in [0.1, 0.15) is 52.4 Å². The normalized spacial score (nSPS) is 18.8. The minimum absolute atomic E-state index is 0.0401. The Bertz CT molecular complexity index is 488. The van der Waals surface area contributed by atoms with Crippen LogP contribution in [0.5, 0.6) is 0 Å². The van der Waals surface area contributed by atoms with Gasteiger partial charge in [-0.25, -0.2) is 4.79 Å². The van der Waals surface area contributed by atoms with Crippen LogP contribution in [0.4, 0.5) is 4.79 Å². The van der Waals surface area contributed by atoms with Gasteiger partial charge in [-0.15, -0.1) is 0 Å². The zero-order chi connectivity index (χ0) is 18.8. The van der Waals surface area contributed by atoms with Crippen molar-refractivity contribution in [2.24, 2.45) is 0 Å². The van der Waals surface area contributed by atoms with Crippen molar-refractivity contribution >= 4 is 11.9 Å². The van der Waals surface area contributed by atoms with Crippen molar-refractivity contribution in [3.8, 4) is 0 Å². The molecular weight excluding hydrogens is 328 g/mol. The lowest BCUT2D eigenvalue weighted by molar-refractivity contribution is -0.132. The third-order valence-electron chi connectivity index (χ3n) is 5.46. The first-order valence-corrected chi connectivity index (χ1v) is 10.3. The van der Waals surface area contributed by atoms with Crippen molar-refractivity contribution in [3.63, 3.8) is 0 Å². The van der Waals surface area contributed by atoms with Gasteiger partial charge in [0.1, 0.15) is 0 Å². The maximum absolute atomic E-state index is 12.4. The van der Waals surface area contributed by atoms with Gasteiger partial charge in [-0.05, 0) is 52.4 Å². The monoisotopic (exact) mass is 364 g/mol. The highest BCUT2D eigenvalue weighted by Gasteiger charge is 2.21. The molecular formula is C20H36N4O2. The van der Waals surface area contributed by atoms with Crippen LogP contribution in [-0.2, 0) is 4.79 Å². The summed E-state index contributed by atoms with van der Waals surface area (Å²) in [6.07, 6.45) is 9.21. The molecule has 6 heteroatoms. The van der Waals surface area contributed by atoms with E-state index in [1.54, 1.807) is 0 Å². The average Bonchev–Trinajstić information content (AvgIpc) is 2.89. The van der Waals surface area contributed by atoms with Gasteiger partial charge in [0.2, 0.25) is 5.91 Å². The average molecular weight is 365 g/mol. The molecule has 0 radical (unpaired) electrons. The summed E-state index contributed by atoms with van der Waals surface area (Å²) in [5.74, 6) is 0.189. The van der Waals surface area contributed by atoms with Gasteiger partial charge in [-0.2, -0.15) is 0 Å². The van der Waals surface area contributed by atoms with Gasteiger partial charge < -0.3 is 15.1 Å². The molecule has 1 aliphatic heterocycles. The van der Waals surface area contributed by atoms with Gasteiger partial charge >= 0.3 is 6.03 Å². The van der Waals surface area contributed by atoms with Gasteiger partial charge in [0.25, 0.3) is 0 Å². The number of likely N-dealkylation sites (N-methyl/N-ethyl adjacent to an activating group) is 1. The molecule has 3 amide bonds. The number of rotatable bonds is 7. The van der Waals surface area contributed by atoms with Crippen molar-refractivity contribution in [3.05, 3.63) is 11.6 Å². The van der Waals surface area contributed by atoms with Gasteiger partial charge in [-0.1, -0.05) is 11.6 Å². The highest BCUT2D eigenvalue weighted by Crippen LogP contribution is 2.19. The van der Waals surface area contributed by atoms with E-state index >= 15 is 0 Å². The Balaban J connectivity index is 1.70. The molecule has 2 aliphatic rings. The van der Waals surface area contributed by atoms with Crippen molar-refractivity contribution in [1.29, 1.82) is 0 Å². The summed E-state index contributed by atoms with van der Waals surface area (Å²) in [4.78, 5) is 30.7. The molecule has 2 rings (SSSR count). The summed E-state index contributed by atoms with van der Waals surface area (Å²) >= 11 is 0. The summed E-state index contributed by atoms with van der Waals surface area (Å²) in [5.41, 5.74) is 1.49. The fourth-order valence-corrected chi connectivity index (χ4v) is 3.77. The Hall–Kier alpha value is -1.56. The van der Waals surface area contributed by atoms with Gasteiger partial charge in [0.05, 0.1) is 6.54 Å². The fourth-order valence-electron chi connectivity index (χ4n) is 3.77. The van der Waals surface area contributed by atoms with Crippen LogP contribution in [0.15, 0.2) is 11.6 Å². The zero-order valence-corrected chi connectivity index (χ0v) is 16.6. The second-order valence-corrected chi connectivity index (χ2v) is 7.27. The Morgan fingerprint density at radius 3 is 2.58 bits per heavy atom. The molecule has 26 heavy (non-hydrogen) atoms. The number of carbonyl (C=O) groups excluding carboxylic acids is 2. The van der Waals surface area contributed by atoms with Crippen LogP contribution in [0.2, 0.25) is 0 Å². The van der Waals surface area contributed by atoms with Gasteiger partial charge in [-0.3, -0.25) is 9.69 Å². The summed E-state index contributed by atoms with van der Waals surface area (Å²) in [5, 5.41) is 3.07. The molecule has 6 nitrogen and oxygen atoms in total. The van der Waals surface area contributed by atoms with Crippen LogP contribution in [0.25, 0.3) is 0 Å². The second-order valence-electron chi connectivity index (χ2n) is 7.27. The third-order valence-corrected chi connectivity index (χ3v) is 5.46. The number of urea groups is 1. The zero-order valence-electron chi connectivity index (χ0n) is 16.6. The lowest BCUT2D eigenvalue weighted by Gasteiger charge is -2.25. The summed E-state index contributed by atoms with van der Waals surface area (Å²) in [6, 6.07) is 0.0401. The second kappa shape index (κ2) is 11.2. The third kappa shape index (κ3) is 6.63. The van der Waals surface area contributed by atoms with E-state index in [9.17, 15) is 9.59 Å². The van der Waals surface area contributed by atoms with Crippen molar-refractivity contribution in [2.75, 3.05) is 52.4 Å². The topological polar surface area (TPSA) is 55.9 Å². The minimum atomic E-state index is 0.0401. The molecule has 1 N–H and O–H groups in total. The number of carbonyl (C=O) groups is 2. The molecule has 0 aromatic carbocycles. The Labute approximate surface area is 158 Å². The molecule has 1 aliphatic carbocycles. The van der Waals surface area contributed by atoms with Crippen LogP contribution in [-0.4, -0.2) is 79.0 Å². The number of nitrogens with one attached hydrogen (secondary N) is 1. The molecule has 148 valence electrons. The van der Waals surface area contributed by atoms with E-state index in [2.05, 4.69) is 16.3 Å². The number of hydrogen-bond acceptors (Lipinski definition) is 3. The van der Waals surface area contributed by atoms with E-state index in [1.807, 2.05) is 23.6 Å². The van der Waals surface area contributed by atoms with E-state index in [-0.39, 0.29) is 11.9 Å². The molecule has 0 aromatic rings. The smallest absolute Gasteiger partial charge is 0.317 e. The maximum atomic E-state index is 12.4. The number of hydrogen-bond donors (Lipinski definition) is 1. The SMILES string of the molecule is CCN(CC)C(=O)CN1CCCN(C(=O)NCCC2=CCCCC2)CC1. The van der Waals surface area contributed by atoms with Crippen molar-refractivity contribution in [2.45, 2.75) is 52.4 Å². The highest BCUT2D eigenvalue weighted by molar-refractivity contribution is 5.78. The molecule has 0 unspecified atom stereocenters. The Morgan fingerprint density at radius 1 is 1.08 bits per heavy atom. The quantitative estimate of drug-likeness (QED) is 0.706. The molecule has 1 saturated heterocycles. The van der Waals surface area contributed by atoms with E-state index in [0.717, 1.165) is 52.1 Å². The number of allylic oxidation sites excluding steroid dienone is 1. The first-order chi connectivity index (χ1) is 12.6. The minimum Gasteiger partial charge on any atom is -0.342 e. The highest BCUT2D eigenvalue weighted by atomic mass is 16.2. The van der Waals surface area contributed by atoms with Crippen molar-refractivity contribution in [1.82, 2.24) is 20.0 Å². The fraction of sp³-hybridized carbons (Fsp3) is 0.800. The van der Waals surface area contributed by atoms with E-state index in [0.29, 0.717) is 13.1 Å². The lowest BCUT2D eigenvalue weighted by atomic mass is 9.97. The molecule has 1 heterocycles. The summed E-state index contributed by atoms with van der Waals surface area (Å²) < 4.78 is 0. The molecule has 1 fully saturated rings. The Kier molecular flexibility index (Phi) is 8.95. The Morgan fingerprint density at radius 2 is 1.88 bits per heavy atom. The van der Waals surface area contributed by atoms with Gasteiger partial charge in [0.15, 0.2) is 0 Å². The number of amides is 3. The van der Waals surface area contributed by atoms with Crippen LogP contribution >= 0.6 is 0 Å². The molecule has 0 spiro atoms. The summed E-state index contributed by atoms with van der Waals surface area (Å²) in [6.45, 7) is 9.84. The largest absolute Gasteiger partial charge is 0.342 e. The first-order valence-electron chi connectivity index (χ1n) is 10.3. The van der Waals surface area contributed by atoms with E-state index < -0.39 is 0 Å². The lowest BCUT2D eigenvalue weighted by Crippen LogP contribution is -2.44. The van der Waals surface area contributed by atoms with Crippen LogP contribution < -0.4 is 5.32 Å². The van der Waals surface area contributed by atoms with Crippen molar-refractivity contribution < 1.29 is 9.59 Å².